The second-order valence-corrected chi connectivity index (χ2v) is 6.42. The average molecular weight is 342 g/mol. The van der Waals surface area contributed by atoms with Gasteiger partial charge in [0.05, 0.1) is 15.9 Å². The molecule has 5 heteroatoms. The first-order valence-electron chi connectivity index (χ1n) is 6.50. The number of hydrogen-bond acceptors (Lipinski definition) is 3. The van der Waals surface area contributed by atoms with Crippen LogP contribution in [0.1, 0.15) is 34.8 Å². The van der Waals surface area contributed by atoms with E-state index in [1.54, 1.807) is 0 Å². The van der Waals surface area contributed by atoms with E-state index in [-0.39, 0.29) is 0 Å². The van der Waals surface area contributed by atoms with Gasteiger partial charge in [0.1, 0.15) is 0 Å². The zero-order valence-corrected chi connectivity index (χ0v) is 14.2. The van der Waals surface area contributed by atoms with Gasteiger partial charge in [0.25, 0.3) is 0 Å². The van der Waals surface area contributed by atoms with Crippen molar-refractivity contribution in [3.8, 4) is 0 Å². The summed E-state index contributed by atoms with van der Waals surface area (Å²) in [5, 5.41) is 10.1. The summed E-state index contributed by atoms with van der Waals surface area (Å²) in [4.78, 5) is 1.44. The average Bonchev–Trinajstić information content (AvgIpc) is 2.95. The molecule has 1 unspecified atom stereocenters. The summed E-state index contributed by atoms with van der Waals surface area (Å²) in [5.74, 6) is 0. The van der Waals surface area contributed by atoms with Crippen LogP contribution in [0.3, 0.4) is 0 Å². The third kappa shape index (κ3) is 2.93. The lowest BCUT2D eigenvalue weighted by Gasteiger charge is -2.17. The molecular weight excluding hydrogens is 322 g/mol. The first-order chi connectivity index (χ1) is 9.08. The number of nitrogens with one attached hydrogen (secondary N) is 1. The minimum atomic E-state index is 0.348. The summed E-state index contributed by atoms with van der Waals surface area (Å²) in [7, 11) is 4.04. The lowest BCUT2D eigenvalue weighted by atomic mass is 10.0. The van der Waals surface area contributed by atoms with Crippen molar-refractivity contribution >= 4 is 27.3 Å². The van der Waals surface area contributed by atoms with E-state index in [9.17, 15) is 0 Å². The maximum atomic E-state index is 4.47. The molecule has 2 aromatic heterocycles. The Labute approximate surface area is 127 Å². The minimum absolute atomic E-state index is 0.348. The minimum Gasteiger partial charge on any atom is -0.312 e. The summed E-state index contributed by atoms with van der Waals surface area (Å²) in [6, 6.07) is 2.58. The lowest BCUT2D eigenvalue weighted by molar-refractivity contribution is 0.564. The van der Waals surface area contributed by atoms with Crippen LogP contribution in [-0.4, -0.2) is 16.8 Å². The van der Waals surface area contributed by atoms with E-state index in [2.05, 4.69) is 44.7 Å². The Bertz CT molecular complexity index is 559. The van der Waals surface area contributed by atoms with Crippen LogP contribution in [0.4, 0.5) is 0 Å². The Balaban J connectivity index is 2.29. The molecule has 2 rings (SSSR count). The van der Waals surface area contributed by atoms with Crippen LogP contribution in [-0.2, 0) is 19.9 Å². The molecule has 1 atom stereocenters. The summed E-state index contributed by atoms with van der Waals surface area (Å²) in [5.41, 5.74) is 3.74. The molecule has 0 spiro atoms. The van der Waals surface area contributed by atoms with Crippen molar-refractivity contribution in [2.75, 3.05) is 7.05 Å². The predicted octanol–water partition coefficient (Wildman–Crippen LogP) is 3.62. The quantitative estimate of drug-likeness (QED) is 0.899. The Morgan fingerprint density at radius 3 is 2.79 bits per heavy atom. The van der Waals surface area contributed by atoms with E-state index < -0.39 is 0 Å². The molecule has 0 saturated carbocycles. The molecule has 0 aliphatic rings. The van der Waals surface area contributed by atoms with Gasteiger partial charge in [0, 0.05) is 24.4 Å². The van der Waals surface area contributed by atoms with Gasteiger partial charge < -0.3 is 5.32 Å². The fraction of sp³-hybridized carbons (Fsp3) is 0.500. The van der Waals surface area contributed by atoms with Gasteiger partial charge >= 0.3 is 0 Å². The Morgan fingerprint density at radius 1 is 1.53 bits per heavy atom. The zero-order valence-electron chi connectivity index (χ0n) is 11.8. The topological polar surface area (TPSA) is 29.9 Å². The Kier molecular flexibility index (Phi) is 4.81. The van der Waals surface area contributed by atoms with Crippen molar-refractivity contribution in [3.05, 3.63) is 37.7 Å². The highest BCUT2D eigenvalue weighted by atomic mass is 79.9. The molecule has 3 nitrogen and oxygen atoms in total. The van der Waals surface area contributed by atoms with Crippen molar-refractivity contribution in [2.24, 2.45) is 7.05 Å². The first kappa shape index (κ1) is 14.8. The highest BCUT2D eigenvalue weighted by molar-refractivity contribution is 9.10. The van der Waals surface area contributed by atoms with E-state index in [1.165, 1.54) is 16.1 Å². The third-order valence-electron chi connectivity index (χ3n) is 3.49. The Hall–Kier alpha value is -0.650. The van der Waals surface area contributed by atoms with E-state index in [0.29, 0.717) is 6.04 Å². The molecule has 0 saturated heterocycles. The number of thiophene rings is 1. The number of aromatic nitrogens is 2. The lowest BCUT2D eigenvalue weighted by Crippen LogP contribution is -2.20. The molecule has 0 aliphatic heterocycles. The van der Waals surface area contributed by atoms with Gasteiger partial charge in [0.2, 0.25) is 0 Å². The molecule has 0 aromatic carbocycles. The second kappa shape index (κ2) is 6.20. The largest absolute Gasteiger partial charge is 0.312 e. The molecule has 19 heavy (non-hydrogen) atoms. The molecule has 0 bridgehead atoms. The molecule has 104 valence electrons. The van der Waals surface area contributed by atoms with Crippen LogP contribution in [0.25, 0.3) is 0 Å². The maximum absolute atomic E-state index is 4.47. The van der Waals surface area contributed by atoms with Crippen molar-refractivity contribution in [3.63, 3.8) is 0 Å². The van der Waals surface area contributed by atoms with E-state index in [0.717, 1.165) is 23.0 Å². The molecule has 0 fully saturated rings. The molecule has 2 aromatic rings. The number of likely N-dealkylation sites (N-methyl/N-ethyl adjacent to an activating group) is 1. The fourth-order valence-corrected chi connectivity index (χ4v) is 3.97. The van der Waals surface area contributed by atoms with Crippen LogP contribution >= 0.6 is 27.3 Å². The highest BCUT2D eigenvalue weighted by Crippen LogP contribution is 2.30. The van der Waals surface area contributed by atoms with Crippen molar-refractivity contribution in [1.82, 2.24) is 15.1 Å². The number of nitrogens with zero attached hydrogens (tertiary/aromatic N) is 2. The predicted molar refractivity (Wildman–Crippen MR) is 84.8 cm³/mol. The van der Waals surface area contributed by atoms with Crippen molar-refractivity contribution in [1.29, 1.82) is 0 Å². The summed E-state index contributed by atoms with van der Waals surface area (Å²) < 4.78 is 3.10. The van der Waals surface area contributed by atoms with Gasteiger partial charge in [-0.1, -0.05) is 6.92 Å². The number of halogens is 1. The zero-order chi connectivity index (χ0) is 14.0. The van der Waals surface area contributed by atoms with Gasteiger partial charge in [-0.2, -0.15) is 5.10 Å². The van der Waals surface area contributed by atoms with Gasteiger partial charge in [-0.25, -0.2) is 0 Å². The molecule has 0 amide bonds. The summed E-state index contributed by atoms with van der Waals surface area (Å²) >= 11 is 5.49. The van der Waals surface area contributed by atoms with Gasteiger partial charge in [-0.3, -0.25) is 4.68 Å². The first-order valence-corrected chi connectivity index (χ1v) is 8.17. The van der Waals surface area contributed by atoms with Crippen LogP contribution < -0.4 is 5.32 Å². The van der Waals surface area contributed by atoms with Crippen molar-refractivity contribution in [2.45, 2.75) is 32.7 Å². The number of hydrogen-bond donors (Lipinski definition) is 1. The maximum Gasteiger partial charge on any atom is 0.0738 e. The molecular formula is C14H20BrN3S. The van der Waals surface area contributed by atoms with Gasteiger partial charge in [0.15, 0.2) is 0 Å². The molecule has 0 radical (unpaired) electrons. The third-order valence-corrected chi connectivity index (χ3v) is 5.59. The number of rotatable bonds is 5. The molecule has 0 aliphatic carbocycles. The van der Waals surface area contributed by atoms with Gasteiger partial charge in [-0.15, -0.1) is 11.3 Å². The summed E-state index contributed by atoms with van der Waals surface area (Å²) in [6.45, 7) is 4.24. The van der Waals surface area contributed by atoms with E-state index in [1.807, 2.05) is 37.0 Å². The smallest absolute Gasteiger partial charge is 0.0738 e. The van der Waals surface area contributed by atoms with E-state index >= 15 is 0 Å². The molecule has 1 N–H and O–H groups in total. The Morgan fingerprint density at radius 2 is 2.26 bits per heavy atom. The number of aryl methyl sites for hydroxylation is 3. The second-order valence-electron chi connectivity index (χ2n) is 4.68. The summed E-state index contributed by atoms with van der Waals surface area (Å²) in [6.07, 6.45) is 2.03. The van der Waals surface area contributed by atoms with Crippen LogP contribution in [0.2, 0.25) is 0 Å². The van der Waals surface area contributed by atoms with Crippen molar-refractivity contribution < 1.29 is 0 Å². The van der Waals surface area contributed by atoms with Gasteiger partial charge in [-0.05, 0) is 53.3 Å². The van der Waals surface area contributed by atoms with Crippen LogP contribution in [0.15, 0.2) is 15.9 Å². The SMILES string of the molecule is CCc1ccsc1C(Cc1c(Br)c(C)nn1C)NC. The monoisotopic (exact) mass is 341 g/mol. The van der Waals surface area contributed by atoms with Crippen LogP contribution in [0, 0.1) is 6.92 Å². The normalized spacial score (nSPS) is 12.9. The molecule has 2 heterocycles. The van der Waals surface area contributed by atoms with Crippen LogP contribution in [0.5, 0.6) is 0 Å². The highest BCUT2D eigenvalue weighted by Gasteiger charge is 2.19. The van der Waals surface area contributed by atoms with E-state index in [4.69, 9.17) is 0 Å². The standard InChI is InChI=1S/C14H20BrN3S/c1-5-10-6-7-19-14(10)11(16-3)8-12-13(15)9(2)17-18(12)4/h6-7,11,16H,5,8H2,1-4H3. The fourth-order valence-electron chi connectivity index (χ4n) is 2.37.